The minimum atomic E-state index is -0.107. The monoisotopic (exact) mass is 240 g/mol. The molecule has 0 aliphatic carbocycles. The molecule has 2 aliphatic heterocycles. The molecule has 1 atom stereocenters. The van der Waals surface area contributed by atoms with Crippen molar-refractivity contribution in [3.63, 3.8) is 0 Å². The molecule has 0 unspecified atom stereocenters. The first-order valence-corrected chi connectivity index (χ1v) is 6.78. The Labute approximate surface area is 104 Å². The van der Waals surface area contributed by atoms with Gasteiger partial charge >= 0.3 is 5.97 Å². The Hall–Kier alpha value is -0.610. The topological polar surface area (TPSA) is 32.8 Å². The van der Waals surface area contributed by atoms with Crippen LogP contribution >= 0.6 is 0 Å². The quantitative estimate of drug-likeness (QED) is 0.692. The number of likely N-dealkylation sites (tertiary alicyclic amines) is 2. The van der Waals surface area contributed by atoms with E-state index >= 15 is 0 Å². The average Bonchev–Trinajstić information content (AvgIpc) is 2.91. The molecule has 98 valence electrons. The van der Waals surface area contributed by atoms with Gasteiger partial charge in [0.05, 0.1) is 7.11 Å². The second kappa shape index (κ2) is 5.83. The van der Waals surface area contributed by atoms with Gasteiger partial charge in [-0.05, 0) is 45.7 Å². The van der Waals surface area contributed by atoms with E-state index in [0.29, 0.717) is 0 Å². The lowest BCUT2D eigenvalue weighted by atomic mass is 10.0. The summed E-state index contributed by atoms with van der Waals surface area (Å²) in [5.41, 5.74) is 0. The first kappa shape index (κ1) is 12.8. The van der Waals surface area contributed by atoms with Crippen LogP contribution in [0.2, 0.25) is 0 Å². The van der Waals surface area contributed by atoms with E-state index in [1.54, 1.807) is 0 Å². The van der Waals surface area contributed by atoms with Crippen LogP contribution < -0.4 is 0 Å². The van der Waals surface area contributed by atoms with E-state index in [2.05, 4.69) is 9.80 Å². The van der Waals surface area contributed by atoms with E-state index < -0.39 is 0 Å². The Kier molecular flexibility index (Phi) is 4.40. The number of hydrogen-bond donors (Lipinski definition) is 0. The molecule has 0 aromatic carbocycles. The Morgan fingerprint density at radius 1 is 1.18 bits per heavy atom. The highest BCUT2D eigenvalue weighted by Gasteiger charge is 2.30. The molecule has 17 heavy (non-hydrogen) atoms. The number of carbonyl (C=O) groups is 1. The molecule has 0 aromatic heterocycles. The van der Waals surface area contributed by atoms with Crippen LogP contribution in [0.5, 0.6) is 0 Å². The lowest BCUT2D eigenvalue weighted by Gasteiger charge is -2.38. The van der Waals surface area contributed by atoms with Gasteiger partial charge in [-0.25, -0.2) is 0 Å². The first-order chi connectivity index (χ1) is 8.22. The molecule has 0 saturated carbocycles. The molecule has 4 nitrogen and oxygen atoms in total. The van der Waals surface area contributed by atoms with E-state index in [9.17, 15) is 4.79 Å². The number of carbonyl (C=O) groups excluding carboxylic acids is 1. The Morgan fingerprint density at radius 2 is 1.76 bits per heavy atom. The smallest absolute Gasteiger partial charge is 0.322 e. The molecular formula is C13H24N2O2. The molecule has 2 heterocycles. The van der Waals surface area contributed by atoms with Crippen molar-refractivity contribution >= 4 is 5.97 Å². The fraction of sp³-hybridized carbons (Fsp3) is 0.923. The van der Waals surface area contributed by atoms with Crippen LogP contribution in [0.4, 0.5) is 0 Å². The number of piperidine rings is 1. The van der Waals surface area contributed by atoms with Gasteiger partial charge in [0.15, 0.2) is 0 Å². The van der Waals surface area contributed by atoms with Crippen molar-refractivity contribution in [1.82, 2.24) is 9.80 Å². The number of rotatable bonds is 3. The molecule has 2 aliphatic rings. The van der Waals surface area contributed by atoms with Gasteiger partial charge < -0.3 is 9.64 Å². The lowest BCUT2D eigenvalue weighted by molar-refractivity contribution is -0.146. The maximum atomic E-state index is 11.5. The van der Waals surface area contributed by atoms with E-state index in [1.807, 2.05) is 6.92 Å². The number of nitrogens with zero attached hydrogens (tertiary/aromatic N) is 2. The molecule has 0 bridgehead atoms. The first-order valence-electron chi connectivity index (χ1n) is 6.78. The highest BCUT2D eigenvalue weighted by Crippen LogP contribution is 2.22. The summed E-state index contributed by atoms with van der Waals surface area (Å²) in [6.45, 7) is 6.55. The standard InChI is InChI=1S/C13H24N2O2/c1-11(13(16)17-2)14-9-5-12(6-10-14)15-7-3-4-8-15/h11-12H,3-10H2,1-2H3/t11-/m1/s1. The molecular weight excluding hydrogens is 216 g/mol. The number of ether oxygens (including phenoxy) is 1. The average molecular weight is 240 g/mol. The number of hydrogen-bond acceptors (Lipinski definition) is 4. The minimum absolute atomic E-state index is 0.0838. The Morgan fingerprint density at radius 3 is 2.29 bits per heavy atom. The van der Waals surface area contributed by atoms with E-state index in [1.165, 1.54) is 45.9 Å². The van der Waals surface area contributed by atoms with Crippen molar-refractivity contribution in [2.24, 2.45) is 0 Å². The van der Waals surface area contributed by atoms with Gasteiger partial charge in [-0.3, -0.25) is 9.69 Å². The second-order valence-corrected chi connectivity index (χ2v) is 5.21. The van der Waals surface area contributed by atoms with Gasteiger partial charge in [-0.2, -0.15) is 0 Å². The minimum Gasteiger partial charge on any atom is -0.468 e. The predicted molar refractivity (Wildman–Crippen MR) is 66.9 cm³/mol. The van der Waals surface area contributed by atoms with Crippen LogP contribution in [0.25, 0.3) is 0 Å². The third-order valence-corrected chi connectivity index (χ3v) is 4.25. The van der Waals surface area contributed by atoms with E-state index in [-0.39, 0.29) is 12.0 Å². The summed E-state index contributed by atoms with van der Waals surface area (Å²) in [6, 6.07) is 0.665. The molecule has 4 heteroatoms. The molecule has 0 aromatic rings. The van der Waals surface area contributed by atoms with Gasteiger partial charge in [0.1, 0.15) is 6.04 Å². The van der Waals surface area contributed by atoms with Crippen molar-refractivity contribution in [2.75, 3.05) is 33.3 Å². The Balaban J connectivity index is 1.79. The molecule has 0 spiro atoms. The fourth-order valence-electron chi connectivity index (χ4n) is 3.06. The van der Waals surface area contributed by atoms with E-state index in [0.717, 1.165) is 19.1 Å². The van der Waals surface area contributed by atoms with E-state index in [4.69, 9.17) is 4.74 Å². The molecule has 0 amide bonds. The number of methoxy groups -OCH3 is 1. The van der Waals surface area contributed by atoms with Gasteiger partial charge in [-0.15, -0.1) is 0 Å². The van der Waals surface area contributed by atoms with Crippen LogP contribution in [0.1, 0.15) is 32.6 Å². The predicted octanol–water partition coefficient (Wildman–Crippen LogP) is 1.11. The summed E-state index contributed by atoms with van der Waals surface area (Å²) in [5.74, 6) is -0.107. The second-order valence-electron chi connectivity index (χ2n) is 5.21. The highest BCUT2D eigenvalue weighted by atomic mass is 16.5. The van der Waals surface area contributed by atoms with Crippen LogP contribution in [0, 0.1) is 0 Å². The largest absolute Gasteiger partial charge is 0.468 e. The SMILES string of the molecule is COC(=O)[C@@H](C)N1CCC(N2CCCC2)CC1. The van der Waals surface area contributed by atoms with Gasteiger partial charge in [0.2, 0.25) is 0 Å². The van der Waals surface area contributed by atoms with Crippen molar-refractivity contribution in [2.45, 2.75) is 44.7 Å². The molecule has 2 rings (SSSR count). The zero-order chi connectivity index (χ0) is 12.3. The Bertz CT molecular complexity index is 256. The van der Waals surface area contributed by atoms with Gasteiger partial charge in [0.25, 0.3) is 0 Å². The maximum Gasteiger partial charge on any atom is 0.322 e. The van der Waals surface area contributed by atoms with Crippen LogP contribution in [-0.2, 0) is 9.53 Å². The van der Waals surface area contributed by atoms with Crippen molar-refractivity contribution < 1.29 is 9.53 Å². The maximum absolute atomic E-state index is 11.5. The third-order valence-electron chi connectivity index (χ3n) is 4.25. The summed E-state index contributed by atoms with van der Waals surface area (Å²) in [7, 11) is 1.47. The van der Waals surface area contributed by atoms with Crippen molar-refractivity contribution in [3.05, 3.63) is 0 Å². The van der Waals surface area contributed by atoms with Crippen molar-refractivity contribution in [3.8, 4) is 0 Å². The van der Waals surface area contributed by atoms with Crippen molar-refractivity contribution in [1.29, 1.82) is 0 Å². The van der Waals surface area contributed by atoms with Crippen LogP contribution in [0.3, 0.4) is 0 Å². The fourth-order valence-corrected chi connectivity index (χ4v) is 3.06. The van der Waals surface area contributed by atoms with Gasteiger partial charge in [0, 0.05) is 19.1 Å². The summed E-state index contributed by atoms with van der Waals surface area (Å²) in [6.07, 6.45) is 5.11. The third kappa shape index (κ3) is 2.99. The molecule has 2 fully saturated rings. The number of esters is 1. The summed E-state index contributed by atoms with van der Waals surface area (Å²) in [4.78, 5) is 16.3. The molecule has 0 N–H and O–H groups in total. The van der Waals surface area contributed by atoms with Crippen LogP contribution in [-0.4, -0.2) is 61.1 Å². The zero-order valence-electron chi connectivity index (χ0n) is 11.0. The highest BCUT2D eigenvalue weighted by molar-refractivity contribution is 5.75. The summed E-state index contributed by atoms with van der Waals surface area (Å²) >= 11 is 0. The summed E-state index contributed by atoms with van der Waals surface area (Å²) < 4.78 is 4.80. The zero-order valence-corrected chi connectivity index (χ0v) is 11.0. The molecule has 0 radical (unpaired) electrons. The van der Waals surface area contributed by atoms with Crippen LogP contribution in [0.15, 0.2) is 0 Å². The lowest BCUT2D eigenvalue weighted by Crippen LogP contribution is -2.49. The van der Waals surface area contributed by atoms with Gasteiger partial charge in [-0.1, -0.05) is 0 Å². The molecule has 2 saturated heterocycles. The summed E-state index contributed by atoms with van der Waals surface area (Å²) in [5, 5.41) is 0. The normalized spacial score (nSPS) is 26.0.